The molecule has 0 unspecified atom stereocenters. The van der Waals surface area contributed by atoms with E-state index < -0.39 is 0 Å². The summed E-state index contributed by atoms with van der Waals surface area (Å²) < 4.78 is 6.36. The Kier molecular flexibility index (Phi) is 5.62. The zero-order valence-electron chi connectivity index (χ0n) is 9.38. The first-order valence-electron chi connectivity index (χ1n) is 6.40. The van der Waals surface area contributed by atoms with Gasteiger partial charge in [0.1, 0.15) is 0 Å². The van der Waals surface area contributed by atoms with Crippen LogP contribution in [0, 0.1) is 0 Å². The fourth-order valence-corrected chi connectivity index (χ4v) is 24.1. The van der Waals surface area contributed by atoms with Gasteiger partial charge in [-0.15, -0.1) is 0 Å². The van der Waals surface area contributed by atoms with E-state index in [-0.39, 0.29) is 0 Å². The number of fused-ring (bicyclic) bond motifs is 9. The summed E-state index contributed by atoms with van der Waals surface area (Å²) in [6.45, 7) is 0. The Balaban J connectivity index is 1.93. The highest BCUT2D eigenvalue weighted by Gasteiger charge is 2.14. The molecule has 0 aromatic heterocycles. The minimum atomic E-state index is 0.324. The molecule has 3 aliphatic rings. The van der Waals surface area contributed by atoms with Crippen LogP contribution in [0.15, 0.2) is 0 Å². The molecular weight excluding hydrogens is 269 g/mol. The molecule has 0 N–H and O–H groups in total. The van der Waals surface area contributed by atoms with E-state index >= 15 is 0 Å². The van der Waals surface area contributed by atoms with Crippen molar-refractivity contribution in [1.82, 2.24) is 7.79 Å². The molecule has 0 atom stereocenters. The Morgan fingerprint density at radius 3 is 0.857 bits per heavy atom. The minimum Gasteiger partial charge on any atom is -0.383 e. The van der Waals surface area contributed by atoms with Crippen LogP contribution in [0.1, 0.15) is 0 Å². The van der Waals surface area contributed by atoms with E-state index in [1.54, 1.807) is 36.3 Å². The number of nitrogens with zero attached hydrogens (tertiary/aromatic N) is 2. The fourth-order valence-electron chi connectivity index (χ4n) is 2.68. The number of rotatable bonds is 0. The summed E-state index contributed by atoms with van der Waals surface area (Å²) in [7, 11) is 1.94. The van der Waals surface area contributed by atoms with Crippen LogP contribution in [0.3, 0.4) is 0 Å². The largest absolute Gasteiger partial charge is 0.383 e. The van der Waals surface area contributed by atoms with Gasteiger partial charge in [0.2, 0.25) is 0 Å². The number of hydrogen-bond donors (Lipinski definition) is 0. The van der Waals surface area contributed by atoms with Crippen molar-refractivity contribution in [3.8, 4) is 0 Å². The molecule has 0 saturated carbocycles. The SMILES string of the molecule is C1C[SiH2]N2[SiH2]CC[SiH2]N([SiH2]1)[SiH2]CC[SiH2]2. The van der Waals surface area contributed by atoms with E-state index in [1.165, 1.54) is 0 Å². The summed E-state index contributed by atoms with van der Waals surface area (Å²) >= 11 is 0. The smallest absolute Gasteiger partial charge is 0.0799 e. The Morgan fingerprint density at radius 1 is 0.429 bits per heavy atom. The van der Waals surface area contributed by atoms with Gasteiger partial charge in [0.05, 0.1) is 58.1 Å². The zero-order chi connectivity index (χ0) is 9.64. The highest BCUT2D eigenvalue weighted by molar-refractivity contribution is 6.71. The second-order valence-corrected chi connectivity index (χ2v) is 22.5. The molecule has 82 valence electrons. The molecule has 0 radical (unpaired) electrons. The van der Waals surface area contributed by atoms with Crippen LogP contribution in [0.5, 0.6) is 0 Å². The Morgan fingerprint density at radius 2 is 0.643 bits per heavy atom. The van der Waals surface area contributed by atoms with Gasteiger partial charge in [-0.25, -0.2) is 0 Å². The van der Waals surface area contributed by atoms with Gasteiger partial charge in [-0.3, -0.25) is 0 Å². The van der Waals surface area contributed by atoms with Crippen LogP contribution in [0.4, 0.5) is 0 Å². The van der Waals surface area contributed by atoms with Gasteiger partial charge in [-0.2, -0.15) is 0 Å². The molecule has 3 aliphatic heterocycles. The molecule has 3 rings (SSSR count). The van der Waals surface area contributed by atoms with Crippen LogP contribution in [-0.2, 0) is 0 Å². The molecule has 8 heteroatoms. The van der Waals surface area contributed by atoms with E-state index in [2.05, 4.69) is 7.79 Å². The summed E-state index contributed by atoms with van der Waals surface area (Å²) in [5.41, 5.74) is 0. The average molecular weight is 293 g/mol. The molecule has 0 spiro atoms. The van der Waals surface area contributed by atoms with Gasteiger partial charge in [-0.05, 0) is 0 Å². The zero-order valence-corrected chi connectivity index (χ0v) is 17.9. The molecular formula is C6H24N2Si6. The van der Waals surface area contributed by atoms with E-state index in [0.29, 0.717) is 58.1 Å². The van der Waals surface area contributed by atoms with Gasteiger partial charge in [0.25, 0.3) is 0 Å². The molecule has 0 aromatic carbocycles. The fraction of sp³-hybridized carbons (Fsp3) is 1.00. The predicted octanol–water partition coefficient (Wildman–Crippen LogP) is -3.37. The first-order valence-corrected chi connectivity index (χ1v) is 16.2. The lowest BCUT2D eigenvalue weighted by Gasteiger charge is -2.29. The van der Waals surface area contributed by atoms with Crippen molar-refractivity contribution in [2.24, 2.45) is 0 Å². The summed E-state index contributed by atoms with van der Waals surface area (Å²) in [6, 6.07) is 10.4. The minimum absolute atomic E-state index is 0.324. The third-order valence-corrected chi connectivity index (χ3v) is 26.7. The van der Waals surface area contributed by atoms with E-state index in [1.807, 2.05) is 0 Å². The maximum absolute atomic E-state index is 3.18. The van der Waals surface area contributed by atoms with Crippen LogP contribution in [0.2, 0.25) is 36.3 Å². The van der Waals surface area contributed by atoms with E-state index in [9.17, 15) is 0 Å². The molecule has 3 heterocycles. The maximum Gasteiger partial charge on any atom is 0.0799 e. The van der Waals surface area contributed by atoms with Gasteiger partial charge in [0, 0.05) is 0 Å². The average Bonchev–Trinajstić information content (AvgIpc) is 2.25. The maximum atomic E-state index is 3.18. The van der Waals surface area contributed by atoms with Gasteiger partial charge in [-0.1, -0.05) is 36.3 Å². The van der Waals surface area contributed by atoms with Crippen molar-refractivity contribution < 1.29 is 0 Å². The van der Waals surface area contributed by atoms with Gasteiger partial charge < -0.3 is 7.79 Å². The first-order chi connectivity index (χ1) is 6.95. The monoisotopic (exact) mass is 292 g/mol. The number of hydrogen-bond acceptors (Lipinski definition) is 2. The van der Waals surface area contributed by atoms with Crippen molar-refractivity contribution in [2.45, 2.75) is 36.3 Å². The molecule has 2 nitrogen and oxygen atoms in total. The molecule has 0 aromatic rings. The lowest BCUT2D eigenvalue weighted by atomic mass is 10.9. The Hall–Kier alpha value is 1.22. The highest BCUT2D eigenvalue weighted by atomic mass is 28.4. The standard InChI is InChI=1S/C6H24N2Si6/c1-2-10-8-13-5-3-11-7(9-1)12-4-6-14-8/h1-6,9-14H2. The summed E-state index contributed by atoms with van der Waals surface area (Å²) in [5.74, 6) is 0. The van der Waals surface area contributed by atoms with Crippen molar-refractivity contribution in [1.29, 1.82) is 0 Å². The third-order valence-electron chi connectivity index (χ3n) is 3.60. The molecule has 0 aliphatic carbocycles. The normalized spacial score (nSPS) is 46.3. The van der Waals surface area contributed by atoms with Crippen molar-refractivity contribution in [3.63, 3.8) is 0 Å². The van der Waals surface area contributed by atoms with Gasteiger partial charge in [0.15, 0.2) is 0 Å². The molecule has 14 heavy (non-hydrogen) atoms. The van der Waals surface area contributed by atoms with Crippen molar-refractivity contribution in [2.75, 3.05) is 0 Å². The van der Waals surface area contributed by atoms with Crippen LogP contribution in [0.25, 0.3) is 0 Å². The quantitative estimate of drug-likeness (QED) is 0.430. The third kappa shape index (κ3) is 4.00. The summed E-state index contributed by atoms with van der Waals surface area (Å²) in [4.78, 5) is 0. The van der Waals surface area contributed by atoms with Gasteiger partial charge >= 0.3 is 0 Å². The molecule has 3 saturated heterocycles. The second-order valence-electron chi connectivity index (χ2n) is 4.80. The lowest BCUT2D eigenvalue weighted by Crippen LogP contribution is -2.42. The van der Waals surface area contributed by atoms with Crippen molar-refractivity contribution in [3.05, 3.63) is 0 Å². The molecule has 3 fully saturated rings. The lowest BCUT2D eigenvalue weighted by molar-refractivity contribution is 0.963. The van der Waals surface area contributed by atoms with Crippen LogP contribution in [-0.4, -0.2) is 65.9 Å². The summed E-state index contributed by atoms with van der Waals surface area (Å²) in [6.07, 6.45) is 0. The van der Waals surface area contributed by atoms with E-state index in [4.69, 9.17) is 0 Å². The first kappa shape index (κ1) is 11.7. The highest BCUT2D eigenvalue weighted by Crippen LogP contribution is 2.07. The van der Waals surface area contributed by atoms with Crippen LogP contribution < -0.4 is 0 Å². The second kappa shape index (κ2) is 6.73. The topological polar surface area (TPSA) is 6.48 Å². The van der Waals surface area contributed by atoms with Crippen molar-refractivity contribution >= 4 is 58.1 Å². The summed E-state index contributed by atoms with van der Waals surface area (Å²) in [5, 5.41) is 0. The molecule has 0 amide bonds. The Bertz CT molecular complexity index is 124. The van der Waals surface area contributed by atoms with E-state index in [0.717, 1.165) is 0 Å². The van der Waals surface area contributed by atoms with Crippen LogP contribution >= 0.6 is 0 Å². The predicted molar refractivity (Wildman–Crippen MR) is 83.8 cm³/mol. The Labute approximate surface area is 102 Å². The molecule has 2 bridgehead atoms.